The Morgan fingerprint density at radius 1 is 1.44 bits per heavy atom. The predicted octanol–water partition coefficient (Wildman–Crippen LogP) is 2.37. The van der Waals surface area contributed by atoms with Gasteiger partial charge in [-0.15, -0.1) is 0 Å². The van der Waals surface area contributed by atoms with Crippen LogP contribution in [0.5, 0.6) is 0 Å². The number of hydrogen-bond donors (Lipinski definition) is 2. The lowest BCUT2D eigenvalue weighted by Crippen LogP contribution is -2.07. The zero-order valence-corrected chi connectivity index (χ0v) is 10.5. The Hall–Kier alpha value is -1.73. The summed E-state index contributed by atoms with van der Waals surface area (Å²) in [5.41, 5.74) is 7.63. The van der Waals surface area contributed by atoms with Crippen molar-refractivity contribution < 1.29 is 4.74 Å². The van der Waals surface area contributed by atoms with Crippen LogP contribution in [0.15, 0.2) is 18.2 Å². The number of anilines is 2. The molecule has 0 amide bonds. The monoisotopic (exact) mass is 245 g/mol. The van der Waals surface area contributed by atoms with Crippen molar-refractivity contribution in [1.29, 1.82) is 5.26 Å². The Labute approximate surface area is 108 Å². The predicted molar refractivity (Wildman–Crippen MR) is 72.2 cm³/mol. The van der Waals surface area contributed by atoms with E-state index in [1.54, 1.807) is 12.1 Å². The number of nitrogens with two attached hydrogens (primary N) is 1. The number of nitriles is 1. The molecule has 0 atom stereocenters. The maximum atomic E-state index is 8.86. The minimum Gasteiger partial charge on any atom is -0.398 e. The number of rotatable bonds is 7. The fraction of sp³-hybridized carbons (Fsp3) is 0.500. The van der Waals surface area contributed by atoms with Gasteiger partial charge in [0, 0.05) is 31.1 Å². The molecule has 0 spiro atoms. The van der Waals surface area contributed by atoms with Crippen molar-refractivity contribution in [3.8, 4) is 6.07 Å². The summed E-state index contributed by atoms with van der Waals surface area (Å²) in [5, 5.41) is 12.1. The highest BCUT2D eigenvalue weighted by atomic mass is 16.5. The van der Waals surface area contributed by atoms with Gasteiger partial charge in [0.15, 0.2) is 0 Å². The number of nitrogens with zero attached hydrogens (tertiary/aromatic N) is 1. The van der Waals surface area contributed by atoms with Gasteiger partial charge < -0.3 is 15.8 Å². The van der Waals surface area contributed by atoms with Crippen LogP contribution in [0.1, 0.15) is 24.8 Å². The van der Waals surface area contributed by atoms with Gasteiger partial charge in [0.25, 0.3) is 0 Å². The normalized spacial score (nSPS) is 14.2. The van der Waals surface area contributed by atoms with Crippen LogP contribution in [0, 0.1) is 17.2 Å². The molecule has 1 aromatic carbocycles. The lowest BCUT2D eigenvalue weighted by atomic mass is 10.2. The third kappa shape index (κ3) is 3.94. The number of ether oxygens (including phenoxy) is 1. The molecule has 3 N–H and O–H groups in total. The lowest BCUT2D eigenvalue weighted by Gasteiger charge is -2.08. The second kappa shape index (κ2) is 6.27. The molecule has 0 radical (unpaired) electrons. The van der Waals surface area contributed by atoms with Crippen molar-refractivity contribution in [3.05, 3.63) is 23.8 Å². The smallest absolute Gasteiger partial charge is 0.101 e. The Morgan fingerprint density at radius 3 is 3.00 bits per heavy atom. The Balaban J connectivity index is 1.64. The van der Waals surface area contributed by atoms with E-state index in [9.17, 15) is 0 Å². The number of nitrogen functional groups attached to an aromatic ring is 1. The van der Waals surface area contributed by atoms with Crippen molar-refractivity contribution in [3.63, 3.8) is 0 Å². The Bertz CT molecular complexity index is 435. The van der Waals surface area contributed by atoms with Gasteiger partial charge in [-0.05, 0) is 43.4 Å². The fourth-order valence-electron chi connectivity index (χ4n) is 1.70. The maximum absolute atomic E-state index is 8.86. The van der Waals surface area contributed by atoms with Crippen molar-refractivity contribution in [1.82, 2.24) is 0 Å². The maximum Gasteiger partial charge on any atom is 0.101 e. The number of hydrogen-bond acceptors (Lipinski definition) is 4. The molecule has 2 rings (SSSR count). The van der Waals surface area contributed by atoms with Gasteiger partial charge in [-0.3, -0.25) is 0 Å². The summed E-state index contributed by atoms with van der Waals surface area (Å²) in [6, 6.07) is 7.50. The van der Waals surface area contributed by atoms with Gasteiger partial charge in [-0.1, -0.05) is 0 Å². The second-order valence-corrected chi connectivity index (χ2v) is 4.71. The van der Waals surface area contributed by atoms with Gasteiger partial charge in [0.2, 0.25) is 0 Å². The van der Waals surface area contributed by atoms with Crippen LogP contribution >= 0.6 is 0 Å². The van der Waals surface area contributed by atoms with Gasteiger partial charge in [-0.25, -0.2) is 0 Å². The van der Waals surface area contributed by atoms with E-state index < -0.39 is 0 Å². The topological polar surface area (TPSA) is 71.1 Å². The highest BCUT2D eigenvalue weighted by molar-refractivity contribution is 5.61. The van der Waals surface area contributed by atoms with Gasteiger partial charge >= 0.3 is 0 Å². The molecule has 96 valence electrons. The summed E-state index contributed by atoms with van der Waals surface area (Å²) >= 11 is 0. The van der Waals surface area contributed by atoms with Crippen LogP contribution in [-0.2, 0) is 4.74 Å². The molecule has 4 heteroatoms. The molecule has 0 heterocycles. The van der Waals surface area contributed by atoms with Crippen LogP contribution in [0.25, 0.3) is 0 Å². The van der Waals surface area contributed by atoms with E-state index in [0.717, 1.165) is 37.8 Å². The van der Waals surface area contributed by atoms with Crippen molar-refractivity contribution >= 4 is 11.4 Å². The van der Waals surface area contributed by atoms with Crippen LogP contribution in [0.4, 0.5) is 11.4 Å². The quantitative estimate of drug-likeness (QED) is 0.571. The van der Waals surface area contributed by atoms with E-state index in [4.69, 9.17) is 15.7 Å². The van der Waals surface area contributed by atoms with E-state index in [1.165, 1.54) is 12.8 Å². The van der Waals surface area contributed by atoms with Crippen molar-refractivity contribution in [2.45, 2.75) is 19.3 Å². The highest BCUT2D eigenvalue weighted by Gasteiger charge is 2.20. The number of benzene rings is 1. The van der Waals surface area contributed by atoms with Gasteiger partial charge in [-0.2, -0.15) is 5.26 Å². The molecule has 1 aromatic rings. The van der Waals surface area contributed by atoms with Gasteiger partial charge in [0.1, 0.15) is 6.07 Å². The van der Waals surface area contributed by atoms with E-state index in [0.29, 0.717) is 11.3 Å². The molecule has 4 nitrogen and oxygen atoms in total. The summed E-state index contributed by atoms with van der Waals surface area (Å²) in [4.78, 5) is 0. The zero-order chi connectivity index (χ0) is 12.8. The first-order chi connectivity index (χ1) is 8.79. The average molecular weight is 245 g/mol. The molecule has 0 unspecified atom stereocenters. The SMILES string of the molecule is N#Cc1cc(NCCCOCC2CC2)ccc1N. The first-order valence-corrected chi connectivity index (χ1v) is 6.41. The third-order valence-electron chi connectivity index (χ3n) is 3.02. The Kier molecular flexibility index (Phi) is 4.43. The van der Waals surface area contributed by atoms with Crippen molar-refractivity contribution in [2.75, 3.05) is 30.8 Å². The minimum absolute atomic E-state index is 0.519. The minimum atomic E-state index is 0.519. The first kappa shape index (κ1) is 12.7. The number of nitrogens with one attached hydrogen (secondary N) is 1. The molecule has 0 aromatic heterocycles. The van der Waals surface area contributed by atoms with Crippen LogP contribution < -0.4 is 11.1 Å². The summed E-state index contributed by atoms with van der Waals surface area (Å²) in [7, 11) is 0. The van der Waals surface area contributed by atoms with E-state index >= 15 is 0 Å². The van der Waals surface area contributed by atoms with E-state index in [-0.39, 0.29) is 0 Å². The molecular weight excluding hydrogens is 226 g/mol. The zero-order valence-electron chi connectivity index (χ0n) is 10.5. The molecule has 1 aliphatic carbocycles. The molecule has 0 aliphatic heterocycles. The molecular formula is C14H19N3O. The second-order valence-electron chi connectivity index (χ2n) is 4.71. The van der Waals surface area contributed by atoms with Crippen LogP contribution in [0.3, 0.4) is 0 Å². The third-order valence-corrected chi connectivity index (χ3v) is 3.02. The standard InChI is InChI=1S/C14H19N3O/c15-9-12-8-13(4-5-14(12)16)17-6-1-7-18-10-11-2-3-11/h4-5,8,11,17H,1-3,6-7,10,16H2. The first-order valence-electron chi connectivity index (χ1n) is 6.41. The summed E-state index contributed by atoms with van der Waals surface area (Å²) in [6.45, 7) is 2.56. The summed E-state index contributed by atoms with van der Waals surface area (Å²) < 4.78 is 5.55. The highest BCUT2D eigenvalue weighted by Crippen LogP contribution is 2.28. The fourth-order valence-corrected chi connectivity index (χ4v) is 1.70. The largest absolute Gasteiger partial charge is 0.398 e. The lowest BCUT2D eigenvalue weighted by molar-refractivity contribution is 0.124. The van der Waals surface area contributed by atoms with Crippen LogP contribution in [0.2, 0.25) is 0 Å². The van der Waals surface area contributed by atoms with Gasteiger partial charge in [0.05, 0.1) is 5.56 Å². The van der Waals surface area contributed by atoms with Crippen LogP contribution in [-0.4, -0.2) is 19.8 Å². The molecule has 0 bridgehead atoms. The Morgan fingerprint density at radius 2 is 2.28 bits per heavy atom. The van der Waals surface area contributed by atoms with E-state index in [1.807, 2.05) is 6.07 Å². The van der Waals surface area contributed by atoms with Crippen molar-refractivity contribution in [2.24, 2.45) is 5.92 Å². The molecule has 18 heavy (non-hydrogen) atoms. The van der Waals surface area contributed by atoms with E-state index in [2.05, 4.69) is 11.4 Å². The molecule has 0 saturated heterocycles. The summed E-state index contributed by atoms with van der Waals surface area (Å²) in [6.07, 6.45) is 3.64. The molecule has 1 aliphatic rings. The summed E-state index contributed by atoms with van der Waals surface area (Å²) in [5.74, 6) is 0.827. The molecule has 1 saturated carbocycles. The average Bonchev–Trinajstić information content (AvgIpc) is 3.19. The molecule has 1 fully saturated rings.